The molecule has 0 atom stereocenters. The van der Waals surface area contributed by atoms with Crippen LogP contribution in [0.5, 0.6) is 11.6 Å². The Morgan fingerprint density at radius 2 is 2.14 bits per heavy atom. The molecule has 0 amide bonds. The smallest absolute Gasteiger partial charge is 0.339 e. The van der Waals surface area contributed by atoms with Crippen molar-refractivity contribution < 1.29 is 14.6 Å². The van der Waals surface area contributed by atoms with Gasteiger partial charge in [0.2, 0.25) is 5.88 Å². The lowest BCUT2D eigenvalue weighted by atomic mass is 10.1. The van der Waals surface area contributed by atoms with Gasteiger partial charge >= 0.3 is 5.97 Å². The Morgan fingerprint density at radius 3 is 2.90 bits per heavy atom. The molecule has 0 unspecified atom stereocenters. The molecule has 0 saturated heterocycles. The number of para-hydroxylation sites is 1. The number of carboxylic acid groups (broad SMARTS) is 1. The Morgan fingerprint density at radius 1 is 1.33 bits per heavy atom. The van der Waals surface area contributed by atoms with Crippen molar-refractivity contribution in [3.63, 3.8) is 0 Å². The maximum absolute atomic E-state index is 11.2. The zero-order valence-electron chi connectivity index (χ0n) is 11.2. The fraction of sp³-hybridized carbons (Fsp3) is 0.188. The summed E-state index contributed by atoms with van der Waals surface area (Å²) in [6, 6.07) is 10.2. The van der Waals surface area contributed by atoms with Crippen LogP contribution in [0.25, 0.3) is 0 Å². The highest BCUT2D eigenvalue weighted by molar-refractivity contribution is 5.90. The van der Waals surface area contributed by atoms with Gasteiger partial charge < -0.3 is 9.84 Å². The molecule has 0 fully saturated rings. The number of hydrogen-bond acceptors (Lipinski definition) is 4. The van der Waals surface area contributed by atoms with Gasteiger partial charge in [0.25, 0.3) is 0 Å². The van der Waals surface area contributed by atoms with Gasteiger partial charge in [-0.05, 0) is 43.0 Å². The van der Waals surface area contributed by atoms with E-state index >= 15 is 0 Å². The summed E-state index contributed by atoms with van der Waals surface area (Å²) in [5.74, 6) is -0.718. The number of nitriles is 1. The van der Waals surface area contributed by atoms with Crippen molar-refractivity contribution in [1.82, 2.24) is 4.98 Å². The van der Waals surface area contributed by atoms with Crippen LogP contribution in [0.1, 0.15) is 33.6 Å². The molecule has 0 saturated carbocycles. The molecule has 5 heteroatoms. The summed E-state index contributed by atoms with van der Waals surface area (Å²) in [5.41, 5.74) is 2.38. The third-order valence-electron chi connectivity index (χ3n) is 3.46. The molecule has 1 aromatic heterocycles. The summed E-state index contributed by atoms with van der Waals surface area (Å²) in [6.45, 7) is 0. The normalized spacial score (nSPS) is 12.5. The molecular formula is C16H12N2O3. The van der Waals surface area contributed by atoms with E-state index in [1.165, 1.54) is 6.07 Å². The highest BCUT2D eigenvalue weighted by Crippen LogP contribution is 2.30. The predicted molar refractivity (Wildman–Crippen MR) is 74.5 cm³/mol. The minimum Gasteiger partial charge on any atom is -0.478 e. The number of fused-ring (bicyclic) bond motifs is 1. The van der Waals surface area contributed by atoms with E-state index in [1.807, 2.05) is 0 Å². The number of hydrogen-bond donors (Lipinski definition) is 1. The van der Waals surface area contributed by atoms with Crippen molar-refractivity contribution >= 4 is 5.97 Å². The number of pyridine rings is 1. The molecule has 0 spiro atoms. The second kappa shape index (κ2) is 5.25. The molecule has 0 aliphatic heterocycles. The quantitative estimate of drug-likeness (QED) is 0.934. The van der Waals surface area contributed by atoms with E-state index in [9.17, 15) is 10.1 Å². The lowest BCUT2D eigenvalue weighted by Gasteiger charge is -2.10. The van der Waals surface area contributed by atoms with Crippen LogP contribution in [-0.4, -0.2) is 16.1 Å². The van der Waals surface area contributed by atoms with Crippen LogP contribution in [0.4, 0.5) is 0 Å². The van der Waals surface area contributed by atoms with E-state index in [1.54, 1.807) is 24.3 Å². The Labute approximate surface area is 121 Å². The zero-order valence-corrected chi connectivity index (χ0v) is 11.2. The predicted octanol–water partition coefficient (Wildman–Crippen LogP) is 2.93. The van der Waals surface area contributed by atoms with Gasteiger partial charge in [-0.15, -0.1) is 0 Å². The third kappa shape index (κ3) is 2.43. The van der Waals surface area contributed by atoms with Crippen LogP contribution < -0.4 is 4.74 Å². The molecule has 21 heavy (non-hydrogen) atoms. The maximum Gasteiger partial charge on any atom is 0.339 e. The van der Waals surface area contributed by atoms with E-state index in [0.29, 0.717) is 5.56 Å². The lowest BCUT2D eigenvalue weighted by molar-refractivity contribution is 0.0694. The molecular weight excluding hydrogens is 268 g/mol. The van der Waals surface area contributed by atoms with Crippen molar-refractivity contribution in [2.75, 3.05) is 0 Å². The van der Waals surface area contributed by atoms with Gasteiger partial charge in [0.15, 0.2) is 0 Å². The highest BCUT2D eigenvalue weighted by atomic mass is 16.5. The fourth-order valence-electron chi connectivity index (χ4n) is 2.45. The number of aromatic nitrogens is 1. The number of aryl methyl sites for hydroxylation is 2. The lowest BCUT2D eigenvalue weighted by Crippen LogP contribution is -2.02. The van der Waals surface area contributed by atoms with Crippen LogP contribution in [0.3, 0.4) is 0 Å². The number of benzene rings is 1. The number of carboxylic acids is 1. The van der Waals surface area contributed by atoms with Gasteiger partial charge in [-0.3, -0.25) is 0 Å². The van der Waals surface area contributed by atoms with Gasteiger partial charge in [-0.25, -0.2) is 9.78 Å². The summed E-state index contributed by atoms with van der Waals surface area (Å²) in [5, 5.41) is 18.4. The van der Waals surface area contributed by atoms with E-state index in [4.69, 9.17) is 9.84 Å². The van der Waals surface area contributed by atoms with Gasteiger partial charge in [-0.1, -0.05) is 12.1 Å². The molecule has 1 N–H and O–H groups in total. The average molecular weight is 280 g/mol. The molecule has 1 aliphatic carbocycles. The van der Waals surface area contributed by atoms with Crippen molar-refractivity contribution in [3.05, 3.63) is 52.7 Å². The van der Waals surface area contributed by atoms with E-state index in [0.717, 1.165) is 30.5 Å². The number of carbonyl (C=O) groups is 1. The summed E-state index contributed by atoms with van der Waals surface area (Å²) < 4.78 is 5.60. The standard InChI is InChI=1S/C16H12N2O3/c17-9-11-8-10-4-3-6-13(10)18-15(11)21-14-7-2-1-5-12(14)16(19)20/h1-2,5,7-8H,3-4,6H2,(H,19,20). The van der Waals surface area contributed by atoms with Gasteiger partial charge in [-0.2, -0.15) is 5.26 Å². The van der Waals surface area contributed by atoms with Crippen LogP contribution in [0.2, 0.25) is 0 Å². The van der Waals surface area contributed by atoms with Crippen LogP contribution >= 0.6 is 0 Å². The maximum atomic E-state index is 11.2. The van der Waals surface area contributed by atoms with Crippen molar-refractivity contribution in [2.45, 2.75) is 19.3 Å². The first-order chi connectivity index (χ1) is 10.2. The first-order valence-electron chi connectivity index (χ1n) is 6.62. The molecule has 104 valence electrons. The van der Waals surface area contributed by atoms with Crippen molar-refractivity contribution in [1.29, 1.82) is 5.26 Å². The summed E-state index contributed by atoms with van der Waals surface area (Å²) in [4.78, 5) is 15.6. The molecule has 3 rings (SSSR count). The first kappa shape index (κ1) is 13.1. The third-order valence-corrected chi connectivity index (χ3v) is 3.46. The van der Waals surface area contributed by atoms with Crippen LogP contribution in [0, 0.1) is 11.3 Å². The van der Waals surface area contributed by atoms with Gasteiger partial charge in [0, 0.05) is 5.69 Å². The molecule has 5 nitrogen and oxygen atoms in total. The number of ether oxygens (including phenoxy) is 1. The molecule has 1 heterocycles. The van der Waals surface area contributed by atoms with Crippen LogP contribution in [-0.2, 0) is 12.8 Å². The Kier molecular flexibility index (Phi) is 3.28. The number of nitrogens with zero attached hydrogens (tertiary/aromatic N) is 2. The molecule has 2 aromatic rings. The molecule has 0 radical (unpaired) electrons. The molecule has 1 aromatic carbocycles. The summed E-state index contributed by atoms with van der Waals surface area (Å²) in [6.07, 6.45) is 2.79. The Balaban J connectivity index is 2.03. The molecule has 1 aliphatic rings. The zero-order chi connectivity index (χ0) is 14.8. The topological polar surface area (TPSA) is 83.2 Å². The Hall–Kier alpha value is -2.87. The van der Waals surface area contributed by atoms with E-state index in [-0.39, 0.29) is 17.2 Å². The number of aromatic carboxylic acids is 1. The Bertz CT molecular complexity index is 763. The van der Waals surface area contributed by atoms with Gasteiger partial charge in [0.1, 0.15) is 22.9 Å². The first-order valence-corrected chi connectivity index (χ1v) is 6.62. The minimum absolute atomic E-state index is 0.0451. The summed E-state index contributed by atoms with van der Waals surface area (Å²) in [7, 11) is 0. The SMILES string of the molecule is N#Cc1cc2c(nc1Oc1ccccc1C(=O)O)CCC2. The largest absolute Gasteiger partial charge is 0.478 e. The van der Waals surface area contributed by atoms with Crippen LogP contribution in [0.15, 0.2) is 30.3 Å². The highest BCUT2D eigenvalue weighted by Gasteiger charge is 2.19. The van der Waals surface area contributed by atoms with Crippen molar-refractivity contribution in [3.8, 4) is 17.7 Å². The second-order valence-electron chi connectivity index (χ2n) is 4.82. The van der Waals surface area contributed by atoms with Gasteiger partial charge in [0.05, 0.1) is 0 Å². The minimum atomic E-state index is -1.08. The second-order valence-corrected chi connectivity index (χ2v) is 4.82. The number of rotatable bonds is 3. The van der Waals surface area contributed by atoms with E-state index < -0.39 is 5.97 Å². The average Bonchev–Trinajstić information content (AvgIpc) is 2.94. The van der Waals surface area contributed by atoms with E-state index in [2.05, 4.69) is 11.1 Å². The molecule has 0 bridgehead atoms. The monoisotopic (exact) mass is 280 g/mol. The fourth-order valence-corrected chi connectivity index (χ4v) is 2.45. The summed E-state index contributed by atoms with van der Waals surface area (Å²) >= 11 is 0. The van der Waals surface area contributed by atoms with Crippen molar-refractivity contribution in [2.24, 2.45) is 0 Å².